The smallest absolute Gasteiger partial charge is 0.250 e. The molecule has 6 heteroatoms. The summed E-state index contributed by atoms with van der Waals surface area (Å²) in [5.41, 5.74) is 2.40. The number of nitrogens with zero attached hydrogens (tertiary/aromatic N) is 1. The highest BCUT2D eigenvalue weighted by molar-refractivity contribution is 6.42. The van der Waals surface area contributed by atoms with Crippen LogP contribution >= 0.6 is 23.2 Å². The van der Waals surface area contributed by atoms with Gasteiger partial charge in [0.15, 0.2) is 0 Å². The van der Waals surface area contributed by atoms with E-state index in [1.807, 2.05) is 35.9 Å². The number of amides is 1. The summed E-state index contributed by atoms with van der Waals surface area (Å²) in [7, 11) is 1.88. The molecule has 0 radical (unpaired) electrons. The van der Waals surface area contributed by atoms with Crippen LogP contribution in [0.15, 0.2) is 42.5 Å². The lowest BCUT2D eigenvalue weighted by atomic mass is 10.2. The molecule has 0 aliphatic rings. The van der Waals surface area contributed by atoms with Crippen LogP contribution in [0, 0.1) is 0 Å². The van der Waals surface area contributed by atoms with Crippen molar-refractivity contribution in [1.29, 1.82) is 0 Å². The molecular weight excluding hydrogens is 309 g/mol. The van der Waals surface area contributed by atoms with E-state index in [1.165, 1.54) is 0 Å². The maximum Gasteiger partial charge on any atom is 0.363 e. The van der Waals surface area contributed by atoms with Crippen LogP contribution in [0.2, 0.25) is 10.0 Å². The monoisotopic (exact) mass is 320 g/mol. The highest BCUT2D eigenvalue weighted by atomic mass is 35.5. The number of carbonyl (C=O) groups is 1. The Morgan fingerprint density at radius 1 is 1.14 bits per heavy atom. The number of aromatic amines is 1. The average molecular weight is 321 g/mol. The van der Waals surface area contributed by atoms with Crippen molar-refractivity contribution < 1.29 is 9.36 Å². The lowest BCUT2D eigenvalue weighted by Gasteiger charge is -2.01. The first-order valence-corrected chi connectivity index (χ1v) is 7.05. The maximum atomic E-state index is 12.3. The number of anilines is 1. The predicted molar refractivity (Wildman–Crippen MR) is 83.9 cm³/mol. The molecule has 0 unspecified atom stereocenters. The zero-order chi connectivity index (χ0) is 15.0. The van der Waals surface area contributed by atoms with Gasteiger partial charge in [-0.25, -0.2) is 14.9 Å². The third-order valence-corrected chi connectivity index (χ3v) is 4.01. The maximum absolute atomic E-state index is 12.3. The first-order valence-electron chi connectivity index (χ1n) is 6.29. The fourth-order valence-corrected chi connectivity index (χ4v) is 2.43. The van der Waals surface area contributed by atoms with Crippen LogP contribution in [0.5, 0.6) is 0 Å². The number of halogens is 2. The van der Waals surface area contributed by atoms with E-state index in [-0.39, 0.29) is 5.91 Å². The van der Waals surface area contributed by atoms with Gasteiger partial charge in [-0.05, 0) is 30.3 Å². The molecule has 0 spiro atoms. The van der Waals surface area contributed by atoms with Gasteiger partial charge < -0.3 is 0 Å². The minimum atomic E-state index is -0.254. The summed E-state index contributed by atoms with van der Waals surface area (Å²) in [6.45, 7) is 0. The summed E-state index contributed by atoms with van der Waals surface area (Å²) < 4.78 is 1.88. The van der Waals surface area contributed by atoms with E-state index < -0.39 is 0 Å². The Balaban J connectivity index is 1.92. The van der Waals surface area contributed by atoms with Crippen LogP contribution in [0.25, 0.3) is 11.0 Å². The zero-order valence-electron chi connectivity index (χ0n) is 11.2. The Morgan fingerprint density at radius 3 is 2.62 bits per heavy atom. The van der Waals surface area contributed by atoms with E-state index in [4.69, 9.17) is 23.2 Å². The SMILES string of the molecule is C[n+]1c(NC(=O)c2ccc(Cl)c(Cl)c2)[nH]c2ccccc21. The van der Waals surface area contributed by atoms with Gasteiger partial charge in [0.2, 0.25) is 0 Å². The molecule has 21 heavy (non-hydrogen) atoms. The second-order valence-electron chi connectivity index (χ2n) is 4.63. The molecule has 2 aromatic carbocycles. The first-order chi connectivity index (χ1) is 10.1. The van der Waals surface area contributed by atoms with Crippen LogP contribution in [0.1, 0.15) is 10.4 Å². The number of nitrogens with one attached hydrogen (secondary N) is 2. The van der Waals surface area contributed by atoms with Gasteiger partial charge in [0.25, 0.3) is 0 Å². The second kappa shape index (κ2) is 5.39. The quantitative estimate of drug-likeness (QED) is 0.697. The topological polar surface area (TPSA) is 48.8 Å². The number of benzene rings is 2. The molecule has 3 aromatic rings. The fourth-order valence-electron chi connectivity index (χ4n) is 2.14. The molecule has 0 saturated heterocycles. The molecule has 1 aromatic heterocycles. The molecule has 1 amide bonds. The van der Waals surface area contributed by atoms with Gasteiger partial charge in [-0.1, -0.05) is 35.3 Å². The van der Waals surface area contributed by atoms with Gasteiger partial charge in [0.1, 0.15) is 11.0 Å². The Kier molecular flexibility index (Phi) is 3.57. The number of hydrogen-bond acceptors (Lipinski definition) is 1. The zero-order valence-corrected chi connectivity index (χ0v) is 12.7. The van der Waals surface area contributed by atoms with E-state index in [0.29, 0.717) is 21.6 Å². The summed E-state index contributed by atoms with van der Waals surface area (Å²) in [6, 6.07) is 12.6. The van der Waals surface area contributed by atoms with Crippen LogP contribution in [-0.2, 0) is 7.05 Å². The van der Waals surface area contributed by atoms with Crippen LogP contribution < -0.4 is 9.88 Å². The number of hydrogen-bond donors (Lipinski definition) is 2. The number of imidazole rings is 1. The third-order valence-electron chi connectivity index (χ3n) is 3.27. The molecule has 106 valence electrons. The normalized spacial score (nSPS) is 10.8. The van der Waals surface area contributed by atoms with E-state index in [9.17, 15) is 4.79 Å². The Bertz CT molecular complexity index is 842. The molecule has 3 rings (SSSR count). The molecule has 0 saturated carbocycles. The predicted octanol–water partition coefficient (Wildman–Crippen LogP) is 3.55. The molecule has 0 bridgehead atoms. The van der Waals surface area contributed by atoms with Crippen molar-refractivity contribution in [2.45, 2.75) is 0 Å². The molecule has 0 aliphatic heterocycles. The largest absolute Gasteiger partial charge is 0.363 e. The van der Waals surface area contributed by atoms with Crippen molar-refractivity contribution >= 4 is 46.1 Å². The van der Waals surface area contributed by atoms with Gasteiger partial charge in [-0.15, -0.1) is 0 Å². The van der Waals surface area contributed by atoms with Crippen molar-refractivity contribution in [3.8, 4) is 0 Å². The summed E-state index contributed by atoms with van der Waals surface area (Å²) in [5.74, 6) is 0.350. The van der Waals surface area contributed by atoms with Crippen LogP contribution in [0.4, 0.5) is 5.95 Å². The second-order valence-corrected chi connectivity index (χ2v) is 5.45. The standard InChI is InChI=1S/C15H11Cl2N3O/c1-20-13-5-3-2-4-12(13)18-15(20)19-14(21)9-6-7-10(16)11(17)8-9/h2-8H,1H3,(H,18,19,21)/p+1. The Morgan fingerprint density at radius 2 is 1.90 bits per heavy atom. The van der Waals surface area contributed by atoms with E-state index in [1.54, 1.807) is 18.2 Å². The van der Waals surface area contributed by atoms with Crippen molar-refractivity contribution in [3.05, 3.63) is 58.1 Å². The molecule has 0 atom stereocenters. The number of fused-ring (bicyclic) bond motifs is 1. The highest BCUT2D eigenvalue weighted by Crippen LogP contribution is 2.23. The number of para-hydroxylation sites is 2. The van der Waals surface area contributed by atoms with Gasteiger partial charge >= 0.3 is 11.9 Å². The minimum Gasteiger partial charge on any atom is -0.250 e. The average Bonchev–Trinajstić information content (AvgIpc) is 2.79. The van der Waals surface area contributed by atoms with Crippen molar-refractivity contribution in [3.63, 3.8) is 0 Å². The first kappa shape index (κ1) is 13.9. The molecule has 0 fully saturated rings. The fraction of sp³-hybridized carbons (Fsp3) is 0.0667. The third kappa shape index (κ3) is 2.60. The molecule has 1 heterocycles. The minimum absolute atomic E-state index is 0.254. The highest BCUT2D eigenvalue weighted by Gasteiger charge is 2.18. The van der Waals surface area contributed by atoms with Crippen molar-refractivity contribution in [2.24, 2.45) is 7.05 Å². The van der Waals surface area contributed by atoms with E-state index in [2.05, 4.69) is 10.3 Å². The molecule has 2 N–H and O–H groups in total. The van der Waals surface area contributed by atoms with E-state index in [0.717, 1.165) is 11.0 Å². The molecule has 0 aliphatic carbocycles. The van der Waals surface area contributed by atoms with Gasteiger partial charge in [-0.3, -0.25) is 4.79 Å². The summed E-state index contributed by atoms with van der Waals surface area (Å²) >= 11 is 11.8. The van der Waals surface area contributed by atoms with Crippen molar-refractivity contribution in [2.75, 3.05) is 5.32 Å². The van der Waals surface area contributed by atoms with Crippen molar-refractivity contribution in [1.82, 2.24) is 4.98 Å². The van der Waals surface area contributed by atoms with Crippen LogP contribution in [0.3, 0.4) is 0 Å². The lowest BCUT2D eigenvalue weighted by molar-refractivity contribution is -0.629. The summed E-state index contributed by atoms with van der Waals surface area (Å²) in [4.78, 5) is 15.4. The molecule has 4 nitrogen and oxygen atoms in total. The number of H-pyrrole nitrogens is 1. The van der Waals surface area contributed by atoms with Crippen LogP contribution in [-0.4, -0.2) is 10.9 Å². The Labute approximate surface area is 131 Å². The number of aryl methyl sites for hydroxylation is 1. The Hall–Kier alpha value is -2.04. The molecular formula is C15H12Cl2N3O+. The summed E-state index contributed by atoms with van der Waals surface area (Å²) in [6.07, 6.45) is 0. The van der Waals surface area contributed by atoms with E-state index >= 15 is 0 Å². The number of rotatable bonds is 2. The summed E-state index contributed by atoms with van der Waals surface area (Å²) in [5, 5.41) is 3.60. The number of carbonyl (C=O) groups excluding carboxylic acids is 1. The van der Waals surface area contributed by atoms with Gasteiger partial charge in [-0.2, -0.15) is 0 Å². The lowest BCUT2D eigenvalue weighted by Crippen LogP contribution is -2.32. The van der Waals surface area contributed by atoms with Gasteiger partial charge in [0, 0.05) is 0 Å². The van der Waals surface area contributed by atoms with Gasteiger partial charge in [0.05, 0.1) is 22.7 Å². The number of aromatic nitrogens is 2.